The largest absolute Gasteiger partial charge is 0.299 e. The molecule has 1 aliphatic rings. The van der Waals surface area contributed by atoms with Crippen LogP contribution in [-0.2, 0) is 5.41 Å². The van der Waals surface area contributed by atoms with Gasteiger partial charge in [-0.3, -0.25) is 9.89 Å². The van der Waals surface area contributed by atoms with E-state index in [1.165, 1.54) is 19.3 Å². The summed E-state index contributed by atoms with van der Waals surface area (Å²) in [6.45, 7) is 6.39. The molecule has 0 amide bonds. The predicted molar refractivity (Wildman–Crippen MR) is 65.9 cm³/mol. The molecule has 2 rings (SSSR count). The summed E-state index contributed by atoms with van der Waals surface area (Å²) in [5.74, 6) is 0. The number of hydrogen-bond donors (Lipinski definition) is 1. The van der Waals surface area contributed by atoms with Crippen molar-refractivity contribution in [2.24, 2.45) is 0 Å². The molecule has 0 saturated heterocycles. The van der Waals surface area contributed by atoms with E-state index >= 15 is 0 Å². The summed E-state index contributed by atoms with van der Waals surface area (Å²) >= 11 is 0. The molecule has 0 aromatic carbocycles. The smallest absolute Gasteiger partial charge is 0.266 e. The maximum atomic E-state index is 11.9. The SMILES string of the molecule is CC(C)(C)c1cc(=O)n(C2CCCCC2)[nH]1. The maximum Gasteiger partial charge on any atom is 0.266 e. The van der Waals surface area contributed by atoms with E-state index in [2.05, 4.69) is 25.9 Å². The molecule has 0 unspecified atom stereocenters. The molecule has 0 radical (unpaired) electrons. The first-order chi connectivity index (χ1) is 7.48. The Kier molecular flexibility index (Phi) is 2.96. The molecule has 3 heteroatoms. The van der Waals surface area contributed by atoms with Crippen LogP contribution in [0.3, 0.4) is 0 Å². The molecule has 1 aromatic rings. The Labute approximate surface area is 96.8 Å². The summed E-state index contributed by atoms with van der Waals surface area (Å²) < 4.78 is 1.85. The van der Waals surface area contributed by atoms with Gasteiger partial charge in [0.1, 0.15) is 0 Å². The average molecular weight is 222 g/mol. The standard InChI is InChI=1S/C13H22N2O/c1-13(2,3)11-9-12(16)15(14-11)10-7-5-4-6-8-10/h9-10,14H,4-8H2,1-3H3. The molecule has 1 aromatic heterocycles. The Morgan fingerprint density at radius 2 is 1.88 bits per heavy atom. The topological polar surface area (TPSA) is 37.8 Å². The summed E-state index contributed by atoms with van der Waals surface area (Å²) in [5.41, 5.74) is 1.21. The summed E-state index contributed by atoms with van der Waals surface area (Å²) in [4.78, 5) is 11.9. The number of aromatic nitrogens is 2. The third-order valence-corrected chi connectivity index (χ3v) is 3.49. The third kappa shape index (κ3) is 2.23. The zero-order valence-electron chi connectivity index (χ0n) is 10.5. The highest BCUT2D eigenvalue weighted by atomic mass is 16.1. The minimum atomic E-state index is 0.0269. The van der Waals surface area contributed by atoms with Crippen molar-refractivity contribution >= 4 is 0 Å². The minimum Gasteiger partial charge on any atom is -0.299 e. The highest BCUT2D eigenvalue weighted by Gasteiger charge is 2.22. The molecule has 1 saturated carbocycles. The third-order valence-electron chi connectivity index (χ3n) is 3.49. The van der Waals surface area contributed by atoms with Gasteiger partial charge in [0.2, 0.25) is 0 Å². The summed E-state index contributed by atoms with van der Waals surface area (Å²) in [6, 6.07) is 2.16. The number of nitrogens with one attached hydrogen (secondary N) is 1. The zero-order chi connectivity index (χ0) is 11.8. The Balaban J connectivity index is 2.28. The Morgan fingerprint density at radius 3 is 2.38 bits per heavy atom. The monoisotopic (exact) mass is 222 g/mol. The quantitative estimate of drug-likeness (QED) is 0.779. The van der Waals surface area contributed by atoms with Gasteiger partial charge in [-0.2, -0.15) is 0 Å². The highest BCUT2D eigenvalue weighted by molar-refractivity contribution is 5.11. The number of nitrogens with zero attached hydrogens (tertiary/aromatic N) is 1. The molecule has 3 nitrogen and oxygen atoms in total. The lowest BCUT2D eigenvalue weighted by atomic mass is 9.93. The van der Waals surface area contributed by atoms with Crippen molar-refractivity contribution in [1.29, 1.82) is 0 Å². The number of H-pyrrole nitrogens is 1. The van der Waals surface area contributed by atoms with Crippen LogP contribution in [0.15, 0.2) is 10.9 Å². The second kappa shape index (κ2) is 4.11. The Morgan fingerprint density at radius 1 is 1.25 bits per heavy atom. The molecule has 1 N–H and O–H groups in total. The van der Waals surface area contributed by atoms with E-state index in [0.717, 1.165) is 18.5 Å². The van der Waals surface area contributed by atoms with E-state index in [1.807, 2.05) is 4.68 Å². The van der Waals surface area contributed by atoms with Crippen molar-refractivity contribution in [3.05, 3.63) is 22.1 Å². The fourth-order valence-corrected chi connectivity index (χ4v) is 2.40. The van der Waals surface area contributed by atoms with Crippen LogP contribution in [0.4, 0.5) is 0 Å². The van der Waals surface area contributed by atoms with Crippen molar-refractivity contribution < 1.29 is 0 Å². The molecule has 0 bridgehead atoms. The molecule has 90 valence electrons. The lowest BCUT2D eigenvalue weighted by molar-refractivity contribution is 0.319. The van der Waals surface area contributed by atoms with Crippen LogP contribution in [0.1, 0.15) is 64.6 Å². The van der Waals surface area contributed by atoms with Crippen LogP contribution < -0.4 is 5.56 Å². The van der Waals surface area contributed by atoms with Crippen LogP contribution in [-0.4, -0.2) is 9.78 Å². The van der Waals surface area contributed by atoms with E-state index < -0.39 is 0 Å². The van der Waals surface area contributed by atoms with E-state index in [9.17, 15) is 4.79 Å². The first-order valence-electron chi connectivity index (χ1n) is 6.30. The second-order valence-corrected chi connectivity index (χ2v) is 5.92. The molecule has 0 aliphatic heterocycles. The van der Waals surface area contributed by atoms with E-state index in [4.69, 9.17) is 0 Å². The van der Waals surface area contributed by atoms with Gasteiger partial charge >= 0.3 is 0 Å². The second-order valence-electron chi connectivity index (χ2n) is 5.92. The maximum absolute atomic E-state index is 11.9. The van der Waals surface area contributed by atoms with Crippen molar-refractivity contribution in [3.8, 4) is 0 Å². The van der Waals surface area contributed by atoms with E-state index in [-0.39, 0.29) is 11.0 Å². The van der Waals surface area contributed by atoms with Crippen LogP contribution in [0.25, 0.3) is 0 Å². The summed E-state index contributed by atoms with van der Waals surface area (Å²) in [7, 11) is 0. The number of rotatable bonds is 1. The normalized spacial score (nSPS) is 18.9. The van der Waals surface area contributed by atoms with Gasteiger partial charge < -0.3 is 0 Å². The first kappa shape index (κ1) is 11.5. The van der Waals surface area contributed by atoms with Crippen LogP contribution in [0.2, 0.25) is 0 Å². The minimum absolute atomic E-state index is 0.0269. The molecule has 0 atom stereocenters. The van der Waals surface area contributed by atoms with Crippen LogP contribution >= 0.6 is 0 Å². The average Bonchev–Trinajstić information content (AvgIpc) is 2.61. The molecule has 0 spiro atoms. The van der Waals surface area contributed by atoms with Crippen LogP contribution in [0.5, 0.6) is 0 Å². The van der Waals surface area contributed by atoms with Crippen molar-refractivity contribution in [3.63, 3.8) is 0 Å². The first-order valence-corrected chi connectivity index (χ1v) is 6.30. The summed E-state index contributed by atoms with van der Waals surface area (Å²) in [6.07, 6.45) is 6.11. The van der Waals surface area contributed by atoms with Crippen molar-refractivity contribution in [2.45, 2.75) is 64.3 Å². The van der Waals surface area contributed by atoms with Gasteiger partial charge in [-0.1, -0.05) is 40.0 Å². The lowest BCUT2D eigenvalue weighted by Crippen LogP contribution is -2.24. The predicted octanol–water partition coefficient (Wildman–Crippen LogP) is 2.98. The zero-order valence-corrected chi connectivity index (χ0v) is 10.5. The summed E-state index contributed by atoms with van der Waals surface area (Å²) in [5, 5.41) is 3.30. The molecule has 1 heterocycles. The highest BCUT2D eigenvalue weighted by Crippen LogP contribution is 2.27. The van der Waals surface area contributed by atoms with E-state index in [0.29, 0.717) is 6.04 Å². The molecule has 1 aliphatic carbocycles. The van der Waals surface area contributed by atoms with Gasteiger partial charge in [0.25, 0.3) is 5.56 Å². The Hall–Kier alpha value is -0.990. The van der Waals surface area contributed by atoms with Gasteiger partial charge in [-0.15, -0.1) is 0 Å². The van der Waals surface area contributed by atoms with Gasteiger partial charge in [0, 0.05) is 17.2 Å². The lowest BCUT2D eigenvalue weighted by Gasteiger charge is -2.23. The van der Waals surface area contributed by atoms with Gasteiger partial charge in [-0.25, -0.2) is 4.68 Å². The number of hydrogen-bond acceptors (Lipinski definition) is 1. The van der Waals surface area contributed by atoms with Gasteiger partial charge in [-0.05, 0) is 12.8 Å². The van der Waals surface area contributed by atoms with E-state index in [1.54, 1.807) is 6.07 Å². The molecule has 16 heavy (non-hydrogen) atoms. The fourth-order valence-electron chi connectivity index (χ4n) is 2.40. The van der Waals surface area contributed by atoms with Crippen molar-refractivity contribution in [1.82, 2.24) is 9.78 Å². The Bertz CT molecular complexity index is 402. The van der Waals surface area contributed by atoms with Crippen LogP contribution in [0, 0.1) is 0 Å². The van der Waals surface area contributed by atoms with Gasteiger partial charge in [0.15, 0.2) is 0 Å². The molecule has 1 fully saturated rings. The van der Waals surface area contributed by atoms with Crippen molar-refractivity contribution in [2.75, 3.05) is 0 Å². The van der Waals surface area contributed by atoms with Gasteiger partial charge in [0.05, 0.1) is 6.04 Å². The molecular formula is C13H22N2O. The number of aromatic amines is 1. The fraction of sp³-hybridized carbons (Fsp3) is 0.769. The molecular weight excluding hydrogens is 200 g/mol.